The number of ketones is 1. The van der Waals surface area contributed by atoms with Crippen molar-refractivity contribution < 1.29 is 43.6 Å². The first-order valence-electron chi connectivity index (χ1n) is 12.6. The van der Waals surface area contributed by atoms with Gasteiger partial charge < -0.3 is 24.4 Å². The third-order valence-corrected chi connectivity index (χ3v) is 9.95. The summed E-state index contributed by atoms with van der Waals surface area (Å²) >= 11 is 0. The summed E-state index contributed by atoms with van der Waals surface area (Å²) in [6.45, 7) is 8.25. The number of esters is 3. The van der Waals surface area contributed by atoms with Gasteiger partial charge in [0.1, 0.15) is 18.3 Å². The molecule has 2 N–H and O–H groups in total. The Morgan fingerprint density at radius 1 is 1.14 bits per heavy atom. The fraction of sp³-hybridized carbons (Fsp3) is 0.704. The minimum absolute atomic E-state index is 0.0439. The van der Waals surface area contributed by atoms with E-state index in [0.717, 1.165) is 0 Å². The number of hydrogen-bond donors (Lipinski definition) is 2. The molecule has 0 unspecified atom stereocenters. The number of hydrogen-bond acceptors (Lipinski definition) is 9. The molecule has 3 fully saturated rings. The van der Waals surface area contributed by atoms with Crippen molar-refractivity contribution in [1.82, 2.24) is 0 Å². The van der Waals surface area contributed by atoms with E-state index in [-0.39, 0.29) is 31.7 Å². The van der Waals surface area contributed by atoms with Gasteiger partial charge in [-0.1, -0.05) is 20.8 Å². The number of carbonyl (C=O) groups is 4. The highest BCUT2D eigenvalue weighted by Gasteiger charge is 2.74. The summed E-state index contributed by atoms with van der Waals surface area (Å²) < 4.78 is 17.6. The molecule has 0 bridgehead atoms. The van der Waals surface area contributed by atoms with Gasteiger partial charge >= 0.3 is 17.9 Å². The van der Waals surface area contributed by atoms with Gasteiger partial charge in [0.25, 0.3) is 0 Å². The Labute approximate surface area is 209 Å². The SMILES string of the molecule is CC(=O)O[C@@H]1C[C@@](C)([C@H]2OC(=O)C[C@@H]2CO)C2=CC(=O)O[C@@H]3C[C@@H]4[C@](C)(C(=O)C=C[C@@]4(C)O)[C@@H]1[C@]23C. The van der Waals surface area contributed by atoms with E-state index >= 15 is 0 Å². The van der Waals surface area contributed by atoms with E-state index in [2.05, 4.69) is 0 Å². The van der Waals surface area contributed by atoms with Gasteiger partial charge in [0.15, 0.2) is 5.78 Å². The van der Waals surface area contributed by atoms with Crippen molar-refractivity contribution in [2.24, 2.45) is 34.0 Å². The van der Waals surface area contributed by atoms with Crippen molar-refractivity contribution >= 4 is 23.7 Å². The molecule has 0 aromatic rings. The summed E-state index contributed by atoms with van der Waals surface area (Å²) in [6.07, 6.45) is 2.51. The minimum Gasteiger partial charge on any atom is -0.462 e. The Morgan fingerprint density at radius 3 is 2.47 bits per heavy atom. The van der Waals surface area contributed by atoms with E-state index in [4.69, 9.17) is 14.2 Å². The van der Waals surface area contributed by atoms with Crippen LogP contribution in [-0.4, -0.2) is 64.4 Å². The Balaban J connectivity index is 1.75. The quantitative estimate of drug-likeness (QED) is 0.436. The first-order valence-corrected chi connectivity index (χ1v) is 12.6. The molecule has 3 aliphatic carbocycles. The summed E-state index contributed by atoms with van der Waals surface area (Å²) in [5.74, 6) is -3.40. The zero-order valence-corrected chi connectivity index (χ0v) is 21.3. The van der Waals surface area contributed by atoms with Crippen LogP contribution in [0.3, 0.4) is 0 Å². The highest BCUT2D eigenvalue weighted by atomic mass is 16.6. The van der Waals surface area contributed by atoms with Crippen molar-refractivity contribution in [3.8, 4) is 0 Å². The molecule has 2 aliphatic heterocycles. The van der Waals surface area contributed by atoms with Crippen LogP contribution < -0.4 is 0 Å². The Hall–Kier alpha value is -2.52. The molecule has 2 saturated carbocycles. The average molecular weight is 503 g/mol. The lowest BCUT2D eigenvalue weighted by atomic mass is 9.37. The summed E-state index contributed by atoms with van der Waals surface area (Å²) in [5.41, 5.74) is -3.73. The highest BCUT2D eigenvalue weighted by Crippen LogP contribution is 2.70. The maximum absolute atomic E-state index is 13.6. The molecular weight excluding hydrogens is 468 g/mol. The number of rotatable bonds is 3. The van der Waals surface area contributed by atoms with Gasteiger partial charge in [-0.25, -0.2) is 4.79 Å². The van der Waals surface area contributed by atoms with Gasteiger partial charge in [0.05, 0.1) is 18.6 Å². The zero-order valence-electron chi connectivity index (χ0n) is 21.3. The largest absolute Gasteiger partial charge is 0.462 e. The van der Waals surface area contributed by atoms with Gasteiger partial charge in [-0.15, -0.1) is 0 Å². The fourth-order valence-corrected chi connectivity index (χ4v) is 8.62. The molecule has 2 heterocycles. The lowest BCUT2D eigenvalue weighted by Gasteiger charge is -2.68. The van der Waals surface area contributed by atoms with Crippen molar-refractivity contribution in [2.75, 3.05) is 6.61 Å². The first-order chi connectivity index (χ1) is 16.7. The fourth-order valence-electron chi connectivity index (χ4n) is 8.62. The third kappa shape index (κ3) is 3.14. The Morgan fingerprint density at radius 2 is 1.83 bits per heavy atom. The summed E-state index contributed by atoms with van der Waals surface area (Å²) in [5, 5.41) is 21.4. The molecule has 9 heteroatoms. The molecule has 196 valence electrons. The van der Waals surface area contributed by atoms with Gasteiger partial charge in [0, 0.05) is 47.0 Å². The molecule has 0 aromatic heterocycles. The van der Waals surface area contributed by atoms with E-state index < -0.39 is 75.8 Å². The van der Waals surface area contributed by atoms with E-state index in [0.29, 0.717) is 5.57 Å². The number of cyclic esters (lactones) is 1. The molecular formula is C27H34O9. The zero-order chi connectivity index (χ0) is 26.4. The lowest BCUT2D eigenvalue weighted by molar-refractivity contribution is -0.236. The molecule has 0 spiro atoms. The molecule has 1 saturated heterocycles. The van der Waals surface area contributed by atoms with Crippen molar-refractivity contribution in [1.29, 1.82) is 0 Å². The van der Waals surface area contributed by atoms with Crippen LogP contribution in [0.15, 0.2) is 23.8 Å². The second kappa shape index (κ2) is 7.74. The molecule has 0 radical (unpaired) electrons. The number of carbonyl (C=O) groups excluding carboxylic acids is 4. The second-order valence-corrected chi connectivity index (χ2v) is 12.1. The van der Waals surface area contributed by atoms with Crippen molar-refractivity contribution in [3.05, 3.63) is 23.8 Å². The van der Waals surface area contributed by atoms with E-state index in [1.807, 2.05) is 20.8 Å². The number of fused-ring (bicyclic) bond motifs is 2. The first kappa shape index (κ1) is 25.1. The van der Waals surface area contributed by atoms with Crippen LogP contribution in [0.4, 0.5) is 0 Å². The van der Waals surface area contributed by atoms with Gasteiger partial charge in [0.2, 0.25) is 0 Å². The number of aliphatic hydroxyl groups is 2. The van der Waals surface area contributed by atoms with Crippen LogP contribution in [0.5, 0.6) is 0 Å². The maximum Gasteiger partial charge on any atom is 0.331 e. The number of allylic oxidation sites excluding steroid dienone is 1. The minimum atomic E-state index is -1.35. The lowest BCUT2D eigenvalue weighted by Crippen LogP contribution is -2.72. The van der Waals surface area contributed by atoms with Gasteiger partial charge in [-0.2, -0.15) is 0 Å². The molecule has 0 aromatic carbocycles. The standard InChI is InChI=1S/C27H34O9/c1-13(29)34-15-11-24(2,23-14(12-28)8-20(31)36-23)16-10-21(32)35-19-9-17-25(3,33)7-6-18(30)26(17,4)22(15)27(16,19)5/h6-7,10,14-15,17,19,22-23,28,33H,8-9,11-12H2,1-5H3/t14-,15-,17+,19-,22-,23+,24-,25-,26-,27-/m1/s1. The molecule has 9 nitrogen and oxygen atoms in total. The van der Waals surface area contributed by atoms with Crippen molar-refractivity contribution in [3.63, 3.8) is 0 Å². The van der Waals surface area contributed by atoms with Crippen LogP contribution in [0.1, 0.15) is 53.9 Å². The third-order valence-electron chi connectivity index (χ3n) is 9.95. The Bertz CT molecular complexity index is 1100. The topological polar surface area (TPSA) is 136 Å². The normalized spacial score (nSPS) is 49.4. The van der Waals surface area contributed by atoms with Crippen LogP contribution in [-0.2, 0) is 33.4 Å². The number of ether oxygens (including phenoxy) is 3. The van der Waals surface area contributed by atoms with Crippen LogP contribution in [0.25, 0.3) is 0 Å². The molecule has 5 rings (SSSR count). The molecule has 10 atom stereocenters. The van der Waals surface area contributed by atoms with Crippen LogP contribution >= 0.6 is 0 Å². The average Bonchev–Trinajstić information content (AvgIpc) is 3.16. The summed E-state index contributed by atoms with van der Waals surface area (Å²) in [6, 6.07) is 0. The Kier molecular flexibility index (Phi) is 5.41. The molecule has 36 heavy (non-hydrogen) atoms. The predicted molar refractivity (Wildman–Crippen MR) is 124 cm³/mol. The van der Waals surface area contributed by atoms with E-state index in [1.165, 1.54) is 25.2 Å². The van der Waals surface area contributed by atoms with E-state index in [9.17, 15) is 29.4 Å². The van der Waals surface area contributed by atoms with Crippen molar-refractivity contribution in [2.45, 2.75) is 77.8 Å². The maximum atomic E-state index is 13.6. The van der Waals surface area contributed by atoms with Gasteiger partial charge in [-0.3, -0.25) is 14.4 Å². The van der Waals surface area contributed by atoms with E-state index in [1.54, 1.807) is 6.92 Å². The smallest absolute Gasteiger partial charge is 0.331 e. The summed E-state index contributed by atoms with van der Waals surface area (Å²) in [7, 11) is 0. The summed E-state index contributed by atoms with van der Waals surface area (Å²) in [4.78, 5) is 51.2. The highest BCUT2D eigenvalue weighted by molar-refractivity contribution is 5.97. The van der Waals surface area contributed by atoms with Crippen LogP contribution in [0, 0.1) is 34.0 Å². The predicted octanol–water partition coefficient (Wildman–Crippen LogP) is 1.64. The monoisotopic (exact) mass is 502 g/mol. The molecule has 5 aliphatic rings. The van der Waals surface area contributed by atoms with Crippen LogP contribution in [0.2, 0.25) is 0 Å². The number of aliphatic hydroxyl groups excluding tert-OH is 1. The van der Waals surface area contributed by atoms with Gasteiger partial charge in [-0.05, 0) is 37.5 Å². The molecule has 0 amide bonds. The second-order valence-electron chi connectivity index (χ2n) is 12.1.